The van der Waals surface area contributed by atoms with Gasteiger partial charge in [0.05, 0.1) is 5.54 Å². The molecule has 1 aliphatic rings. The average molecular weight is 352 g/mol. The predicted octanol–water partition coefficient (Wildman–Crippen LogP) is 3.40. The quantitative estimate of drug-likeness (QED) is 0.867. The highest BCUT2D eigenvalue weighted by Gasteiger charge is 2.41. The van der Waals surface area contributed by atoms with E-state index in [1.54, 1.807) is 0 Å². The monoisotopic (exact) mass is 351 g/mol. The van der Waals surface area contributed by atoms with Gasteiger partial charge in [-0.15, -0.1) is 23.7 Å². The fraction of sp³-hybridized carbons (Fsp3) is 0.412. The maximum Gasteiger partial charge on any atom is 0.271 e. The van der Waals surface area contributed by atoms with Crippen LogP contribution in [0.2, 0.25) is 0 Å². The van der Waals surface area contributed by atoms with Gasteiger partial charge in [0.15, 0.2) is 0 Å². The molecular weight excluding hydrogens is 330 g/mol. The van der Waals surface area contributed by atoms with E-state index in [0.717, 1.165) is 29.0 Å². The van der Waals surface area contributed by atoms with Gasteiger partial charge in [-0.1, -0.05) is 24.3 Å². The number of hydrogen-bond donors (Lipinski definition) is 2. The molecule has 1 unspecified atom stereocenters. The molecule has 3 N–H and O–H groups in total. The Morgan fingerprint density at radius 1 is 1.43 bits per heavy atom. The molecule has 0 saturated heterocycles. The van der Waals surface area contributed by atoms with E-state index in [1.807, 2.05) is 30.5 Å². The number of nitrogens with zero attached hydrogens (tertiary/aromatic N) is 1. The molecule has 1 amide bonds. The molecule has 2 aromatic rings. The fourth-order valence-corrected chi connectivity index (χ4v) is 3.57. The summed E-state index contributed by atoms with van der Waals surface area (Å²) < 4.78 is 0. The largest absolute Gasteiger partial charge is 0.344 e. The number of carbonyl (C=O) groups excluding carboxylic acids is 1. The number of hydrogen-bond acceptors (Lipinski definition) is 4. The summed E-state index contributed by atoms with van der Waals surface area (Å²) in [5, 5.41) is 5.78. The van der Waals surface area contributed by atoms with Crippen molar-refractivity contribution in [3.8, 4) is 10.6 Å². The number of nitrogens with two attached hydrogens (primary N) is 1. The average Bonchev–Trinajstić information content (AvgIpc) is 3.26. The maximum atomic E-state index is 12.5. The van der Waals surface area contributed by atoms with E-state index in [1.165, 1.54) is 11.3 Å². The Morgan fingerprint density at radius 2 is 2.13 bits per heavy atom. The summed E-state index contributed by atoms with van der Waals surface area (Å²) in [6.45, 7) is 4.53. The molecule has 1 aromatic heterocycles. The standard InChI is InChI=1S/C17H21N3OS.ClH/c1-11-5-3-4-6-13(11)16-19-14(9-22-16)15(21)20-17(2,10-18)12-7-8-12;/h3-6,9,12H,7-8,10,18H2,1-2H3,(H,20,21);1H. The number of amides is 1. The minimum absolute atomic E-state index is 0. The van der Waals surface area contributed by atoms with Gasteiger partial charge in [0.25, 0.3) is 5.91 Å². The summed E-state index contributed by atoms with van der Waals surface area (Å²) in [7, 11) is 0. The normalized spacial score (nSPS) is 16.3. The molecule has 23 heavy (non-hydrogen) atoms. The van der Waals surface area contributed by atoms with Crippen LogP contribution in [0.4, 0.5) is 0 Å². The van der Waals surface area contributed by atoms with Crippen LogP contribution < -0.4 is 11.1 Å². The number of aromatic nitrogens is 1. The van der Waals surface area contributed by atoms with Gasteiger partial charge in [-0.2, -0.15) is 0 Å². The summed E-state index contributed by atoms with van der Waals surface area (Å²) in [6, 6.07) is 8.07. The van der Waals surface area contributed by atoms with Crippen LogP contribution in [-0.4, -0.2) is 23.0 Å². The Morgan fingerprint density at radius 3 is 2.74 bits per heavy atom. The van der Waals surface area contributed by atoms with Crippen LogP contribution in [0.5, 0.6) is 0 Å². The van der Waals surface area contributed by atoms with E-state index in [2.05, 4.69) is 23.3 Å². The van der Waals surface area contributed by atoms with E-state index in [4.69, 9.17) is 5.73 Å². The lowest BCUT2D eigenvalue weighted by Gasteiger charge is -2.29. The Hall–Kier alpha value is -1.43. The highest BCUT2D eigenvalue weighted by molar-refractivity contribution is 7.13. The number of aryl methyl sites for hydroxylation is 1. The van der Waals surface area contributed by atoms with Crippen LogP contribution in [0.25, 0.3) is 10.6 Å². The van der Waals surface area contributed by atoms with E-state index in [-0.39, 0.29) is 23.9 Å². The molecule has 1 heterocycles. The lowest BCUT2D eigenvalue weighted by Crippen LogP contribution is -2.53. The molecule has 3 rings (SSSR count). The van der Waals surface area contributed by atoms with Crippen LogP contribution >= 0.6 is 23.7 Å². The van der Waals surface area contributed by atoms with E-state index >= 15 is 0 Å². The van der Waals surface area contributed by atoms with Crippen molar-refractivity contribution in [1.82, 2.24) is 10.3 Å². The number of carbonyl (C=O) groups is 1. The Kier molecular flexibility index (Phi) is 5.45. The maximum absolute atomic E-state index is 12.5. The summed E-state index contributed by atoms with van der Waals surface area (Å²) in [6.07, 6.45) is 2.28. The zero-order valence-electron chi connectivity index (χ0n) is 13.3. The van der Waals surface area contributed by atoms with Crippen molar-refractivity contribution in [3.05, 3.63) is 40.9 Å². The first-order valence-electron chi connectivity index (χ1n) is 7.57. The van der Waals surface area contributed by atoms with Crippen molar-refractivity contribution in [2.75, 3.05) is 6.54 Å². The van der Waals surface area contributed by atoms with Gasteiger partial charge in [0.1, 0.15) is 10.7 Å². The molecular formula is C17H22ClN3OS. The highest BCUT2D eigenvalue weighted by Crippen LogP contribution is 2.39. The van der Waals surface area contributed by atoms with Crippen LogP contribution in [0.1, 0.15) is 35.8 Å². The molecule has 1 saturated carbocycles. The van der Waals surface area contributed by atoms with E-state index in [9.17, 15) is 4.79 Å². The summed E-state index contributed by atoms with van der Waals surface area (Å²) >= 11 is 1.50. The molecule has 1 aliphatic carbocycles. The molecule has 1 aromatic carbocycles. The van der Waals surface area contributed by atoms with Crippen LogP contribution in [0, 0.1) is 12.8 Å². The lowest BCUT2D eigenvalue weighted by molar-refractivity contribution is 0.0893. The zero-order valence-corrected chi connectivity index (χ0v) is 15.0. The molecule has 0 bridgehead atoms. The first-order chi connectivity index (χ1) is 10.5. The number of halogens is 1. The van der Waals surface area contributed by atoms with Crippen molar-refractivity contribution in [1.29, 1.82) is 0 Å². The van der Waals surface area contributed by atoms with Gasteiger partial charge in [-0.3, -0.25) is 4.79 Å². The number of rotatable bonds is 5. The van der Waals surface area contributed by atoms with Crippen LogP contribution in [0.15, 0.2) is 29.6 Å². The molecule has 0 spiro atoms. The highest BCUT2D eigenvalue weighted by atomic mass is 35.5. The third-order valence-electron chi connectivity index (χ3n) is 4.41. The first kappa shape index (κ1) is 17.9. The van der Waals surface area contributed by atoms with Crippen LogP contribution in [0.3, 0.4) is 0 Å². The second-order valence-corrected chi connectivity index (χ2v) is 7.06. The second-order valence-electron chi connectivity index (χ2n) is 6.20. The number of benzene rings is 1. The molecule has 1 atom stereocenters. The third-order valence-corrected chi connectivity index (χ3v) is 5.29. The van der Waals surface area contributed by atoms with Gasteiger partial charge < -0.3 is 11.1 Å². The summed E-state index contributed by atoms with van der Waals surface area (Å²) in [5.74, 6) is 0.367. The molecule has 6 heteroatoms. The molecule has 0 radical (unpaired) electrons. The SMILES string of the molecule is Cc1ccccc1-c1nc(C(=O)NC(C)(CN)C2CC2)cs1.Cl. The second kappa shape index (κ2) is 6.99. The summed E-state index contributed by atoms with van der Waals surface area (Å²) in [4.78, 5) is 17.0. The summed E-state index contributed by atoms with van der Waals surface area (Å²) in [5.41, 5.74) is 8.26. The fourth-order valence-electron chi connectivity index (χ4n) is 2.68. The van der Waals surface area contributed by atoms with Gasteiger partial charge in [-0.05, 0) is 38.2 Å². The lowest BCUT2D eigenvalue weighted by atomic mass is 9.96. The third kappa shape index (κ3) is 3.74. The molecule has 1 fully saturated rings. The van der Waals surface area contributed by atoms with Crippen LogP contribution in [-0.2, 0) is 0 Å². The van der Waals surface area contributed by atoms with E-state index < -0.39 is 0 Å². The van der Waals surface area contributed by atoms with Gasteiger partial charge in [0.2, 0.25) is 0 Å². The Bertz CT molecular complexity index is 699. The molecule has 124 valence electrons. The topological polar surface area (TPSA) is 68.0 Å². The number of thiazole rings is 1. The van der Waals surface area contributed by atoms with Crippen molar-refractivity contribution < 1.29 is 4.79 Å². The zero-order chi connectivity index (χ0) is 15.7. The Labute approximate surface area is 146 Å². The first-order valence-corrected chi connectivity index (χ1v) is 8.45. The van der Waals surface area contributed by atoms with Crippen molar-refractivity contribution in [2.45, 2.75) is 32.2 Å². The predicted molar refractivity (Wildman–Crippen MR) is 97.2 cm³/mol. The van der Waals surface area contributed by atoms with Crippen molar-refractivity contribution in [3.63, 3.8) is 0 Å². The minimum atomic E-state index is -0.316. The Balaban J connectivity index is 0.00000192. The smallest absolute Gasteiger partial charge is 0.271 e. The van der Waals surface area contributed by atoms with Gasteiger partial charge in [-0.25, -0.2) is 4.98 Å². The number of nitrogens with one attached hydrogen (secondary N) is 1. The minimum Gasteiger partial charge on any atom is -0.344 e. The van der Waals surface area contributed by atoms with Gasteiger partial charge >= 0.3 is 0 Å². The van der Waals surface area contributed by atoms with Gasteiger partial charge in [0, 0.05) is 17.5 Å². The molecule has 4 nitrogen and oxygen atoms in total. The van der Waals surface area contributed by atoms with E-state index in [0.29, 0.717) is 18.2 Å². The van der Waals surface area contributed by atoms with Crippen molar-refractivity contribution >= 4 is 29.7 Å². The van der Waals surface area contributed by atoms with Crippen molar-refractivity contribution in [2.24, 2.45) is 11.7 Å². The molecule has 0 aliphatic heterocycles.